The number of likely N-dealkylation sites (tertiary alicyclic amines) is 1. The Labute approximate surface area is 218 Å². The molecule has 1 N–H and O–H groups in total. The van der Waals surface area contributed by atoms with Gasteiger partial charge in [0.2, 0.25) is 0 Å². The van der Waals surface area contributed by atoms with Crippen LogP contribution in [0, 0.1) is 6.92 Å². The van der Waals surface area contributed by atoms with Gasteiger partial charge in [-0.25, -0.2) is 0 Å². The maximum Gasteiger partial charge on any atom is 0.295 e. The minimum atomic E-state index is -0.748. The Balaban J connectivity index is 1.86. The molecular weight excluding hydrogens is 466 g/mol. The van der Waals surface area contributed by atoms with E-state index in [9.17, 15) is 14.7 Å². The predicted octanol–water partition coefficient (Wildman–Crippen LogP) is 5.93. The quantitative estimate of drug-likeness (QED) is 0.258. The lowest BCUT2D eigenvalue weighted by Gasteiger charge is -2.27. The van der Waals surface area contributed by atoms with E-state index >= 15 is 0 Å². The molecule has 0 spiro atoms. The molecule has 1 saturated heterocycles. The molecule has 4 rings (SSSR count). The summed E-state index contributed by atoms with van der Waals surface area (Å²) in [7, 11) is 3.16. The molecule has 192 valence electrons. The second-order valence-corrected chi connectivity index (χ2v) is 10.3. The number of rotatable bonds is 6. The zero-order valence-electron chi connectivity index (χ0n) is 22.2. The van der Waals surface area contributed by atoms with Crippen LogP contribution in [-0.4, -0.2) is 35.9 Å². The van der Waals surface area contributed by atoms with E-state index in [2.05, 4.69) is 20.8 Å². The molecule has 3 aromatic rings. The van der Waals surface area contributed by atoms with E-state index in [-0.39, 0.29) is 23.3 Å². The molecule has 3 aromatic carbocycles. The molecule has 0 aromatic heterocycles. The number of carbonyl (C=O) groups excluding carboxylic acids is 2. The van der Waals surface area contributed by atoms with Crippen molar-refractivity contribution in [2.24, 2.45) is 0 Å². The van der Waals surface area contributed by atoms with Crippen LogP contribution < -0.4 is 9.47 Å². The van der Waals surface area contributed by atoms with Crippen LogP contribution in [0.4, 0.5) is 0 Å². The Hall–Kier alpha value is -4.06. The average Bonchev–Trinajstić information content (AvgIpc) is 3.12. The number of hydrogen-bond donors (Lipinski definition) is 1. The maximum absolute atomic E-state index is 13.4. The van der Waals surface area contributed by atoms with E-state index in [0.29, 0.717) is 17.1 Å². The van der Waals surface area contributed by atoms with Gasteiger partial charge in [-0.3, -0.25) is 9.59 Å². The SMILES string of the molecule is COc1cccc(CN2C(=O)C(=O)/C(=C(\O)c3ccc(OC)c(C)c3)C2c2ccc(C(C)(C)C)cc2)c1. The second-order valence-electron chi connectivity index (χ2n) is 10.3. The number of amides is 1. The topological polar surface area (TPSA) is 76.1 Å². The molecule has 1 aliphatic heterocycles. The second kappa shape index (κ2) is 10.1. The third-order valence-electron chi connectivity index (χ3n) is 6.79. The van der Waals surface area contributed by atoms with Crippen LogP contribution in [0.15, 0.2) is 72.3 Å². The van der Waals surface area contributed by atoms with E-state index in [1.54, 1.807) is 32.4 Å². The third kappa shape index (κ3) is 5.10. The highest BCUT2D eigenvalue weighted by Gasteiger charge is 2.46. The van der Waals surface area contributed by atoms with Crippen LogP contribution in [0.25, 0.3) is 5.76 Å². The third-order valence-corrected chi connectivity index (χ3v) is 6.79. The summed E-state index contributed by atoms with van der Waals surface area (Å²) in [6.45, 7) is 8.43. The first-order valence-electron chi connectivity index (χ1n) is 12.2. The molecule has 1 atom stereocenters. The van der Waals surface area contributed by atoms with Crippen LogP contribution >= 0.6 is 0 Å². The van der Waals surface area contributed by atoms with Crippen molar-refractivity contribution in [1.29, 1.82) is 0 Å². The van der Waals surface area contributed by atoms with Gasteiger partial charge in [0.1, 0.15) is 17.3 Å². The highest BCUT2D eigenvalue weighted by Crippen LogP contribution is 2.41. The normalized spacial score (nSPS) is 17.2. The van der Waals surface area contributed by atoms with Crippen molar-refractivity contribution in [1.82, 2.24) is 4.90 Å². The van der Waals surface area contributed by atoms with Crippen molar-refractivity contribution >= 4 is 17.4 Å². The first kappa shape index (κ1) is 26.0. The number of methoxy groups -OCH3 is 2. The molecule has 37 heavy (non-hydrogen) atoms. The highest BCUT2D eigenvalue weighted by atomic mass is 16.5. The molecule has 0 saturated carbocycles. The predicted molar refractivity (Wildman–Crippen MR) is 144 cm³/mol. The van der Waals surface area contributed by atoms with Crippen LogP contribution in [-0.2, 0) is 21.5 Å². The van der Waals surface area contributed by atoms with Gasteiger partial charge in [0.05, 0.1) is 25.8 Å². The first-order chi connectivity index (χ1) is 17.5. The summed E-state index contributed by atoms with van der Waals surface area (Å²) in [5.41, 5.74) is 3.98. The van der Waals surface area contributed by atoms with Crippen molar-refractivity contribution in [3.8, 4) is 11.5 Å². The Morgan fingerprint density at radius 1 is 0.946 bits per heavy atom. The van der Waals surface area contributed by atoms with Gasteiger partial charge in [0.15, 0.2) is 0 Å². The minimum Gasteiger partial charge on any atom is -0.507 e. The van der Waals surface area contributed by atoms with Crippen molar-refractivity contribution in [3.05, 3.63) is 100 Å². The van der Waals surface area contributed by atoms with Gasteiger partial charge in [0.25, 0.3) is 11.7 Å². The number of hydrogen-bond acceptors (Lipinski definition) is 5. The van der Waals surface area contributed by atoms with E-state index in [4.69, 9.17) is 9.47 Å². The summed E-state index contributed by atoms with van der Waals surface area (Å²) < 4.78 is 10.7. The smallest absolute Gasteiger partial charge is 0.295 e. The lowest BCUT2D eigenvalue weighted by atomic mass is 9.85. The molecule has 1 aliphatic rings. The molecule has 1 heterocycles. The minimum absolute atomic E-state index is 0.0540. The van der Waals surface area contributed by atoms with Crippen molar-refractivity contribution in [3.63, 3.8) is 0 Å². The van der Waals surface area contributed by atoms with Crippen LogP contribution in [0.5, 0.6) is 11.5 Å². The van der Waals surface area contributed by atoms with Crippen molar-refractivity contribution in [2.45, 2.75) is 45.7 Å². The van der Waals surface area contributed by atoms with Crippen LogP contribution in [0.1, 0.15) is 54.6 Å². The first-order valence-corrected chi connectivity index (χ1v) is 12.2. The molecule has 1 unspecified atom stereocenters. The molecule has 0 radical (unpaired) electrons. The monoisotopic (exact) mass is 499 g/mol. The number of nitrogens with zero attached hydrogens (tertiary/aromatic N) is 1. The van der Waals surface area contributed by atoms with Gasteiger partial charge in [-0.1, -0.05) is 57.2 Å². The maximum atomic E-state index is 13.4. The summed E-state index contributed by atoms with van der Waals surface area (Å²) in [6, 6.07) is 19.7. The van der Waals surface area contributed by atoms with E-state index < -0.39 is 17.7 Å². The fourth-order valence-electron chi connectivity index (χ4n) is 4.70. The number of ketones is 1. The number of aliphatic hydroxyl groups is 1. The molecule has 6 nitrogen and oxygen atoms in total. The van der Waals surface area contributed by atoms with Crippen LogP contribution in [0.2, 0.25) is 0 Å². The van der Waals surface area contributed by atoms with Gasteiger partial charge < -0.3 is 19.5 Å². The summed E-state index contributed by atoms with van der Waals surface area (Å²) in [5.74, 6) is -0.237. The molecular formula is C31H33NO5. The molecule has 0 aliphatic carbocycles. The number of benzene rings is 3. The molecule has 0 bridgehead atoms. The molecule has 6 heteroatoms. The van der Waals surface area contributed by atoms with Gasteiger partial charge >= 0.3 is 0 Å². The lowest BCUT2D eigenvalue weighted by molar-refractivity contribution is -0.140. The van der Waals surface area contributed by atoms with Crippen molar-refractivity contribution < 1.29 is 24.2 Å². The fourth-order valence-corrected chi connectivity index (χ4v) is 4.70. The highest BCUT2D eigenvalue weighted by molar-refractivity contribution is 6.46. The van der Waals surface area contributed by atoms with E-state index in [1.165, 1.54) is 4.90 Å². The van der Waals surface area contributed by atoms with Gasteiger partial charge in [-0.05, 0) is 64.9 Å². The number of aliphatic hydroxyl groups excluding tert-OH is 1. The Morgan fingerprint density at radius 2 is 1.65 bits per heavy atom. The number of Topliss-reactive ketones (excluding diaryl/α,β-unsaturated/α-hetero) is 1. The number of carbonyl (C=O) groups is 2. The Kier molecular flexibility index (Phi) is 7.12. The number of ether oxygens (including phenoxy) is 2. The molecule has 1 amide bonds. The molecule has 1 fully saturated rings. The standard InChI is InChI=1S/C31H33NO5/c1-19-16-22(12-15-25(19)37-6)28(33)26-27(21-10-13-23(14-11-21)31(2,3)4)32(30(35)29(26)34)18-20-8-7-9-24(17-20)36-5/h7-17,27,33H,18H2,1-6H3/b28-26-. The van der Waals surface area contributed by atoms with Gasteiger partial charge in [-0.2, -0.15) is 0 Å². The number of aryl methyl sites for hydroxylation is 1. The van der Waals surface area contributed by atoms with Gasteiger partial charge in [0, 0.05) is 12.1 Å². The zero-order chi connectivity index (χ0) is 26.9. The summed E-state index contributed by atoms with van der Waals surface area (Å²) in [5, 5.41) is 11.4. The summed E-state index contributed by atoms with van der Waals surface area (Å²) in [6.07, 6.45) is 0. The Morgan fingerprint density at radius 3 is 2.24 bits per heavy atom. The largest absolute Gasteiger partial charge is 0.507 e. The fraction of sp³-hybridized carbons (Fsp3) is 0.290. The lowest BCUT2D eigenvalue weighted by Crippen LogP contribution is -2.29. The average molecular weight is 500 g/mol. The Bertz CT molecular complexity index is 1370. The van der Waals surface area contributed by atoms with E-state index in [1.807, 2.05) is 55.5 Å². The van der Waals surface area contributed by atoms with Crippen molar-refractivity contribution in [2.75, 3.05) is 14.2 Å². The zero-order valence-corrected chi connectivity index (χ0v) is 22.2. The summed E-state index contributed by atoms with van der Waals surface area (Å²) >= 11 is 0. The van der Waals surface area contributed by atoms with Crippen LogP contribution in [0.3, 0.4) is 0 Å². The van der Waals surface area contributed by atoms with E-state index in [0.717, 1.165) is 22.3 Å². The summed E-state index contributed by atoms with van der Waals surface area (Å²) in [4.78, 5) is 28.3. The van der Waals surface area contributed by atoms with Gasteiger partial charge in [-0.15, -0.1) is 0 Å².